The normalized spacial score (nSPS) is 18.4. The summed E-state index contributed by atoms with van der Waals surface area (Å²) in [6.45, 7) is 7.28. The fourth-order valence-electron chi connectivity index (χ4n) is 1.61. The molecule has 1 N–H and O–H groups in total. The van der Waals surface area contributed by atoms with Crippen LogP contribution in [0.25, 0.3) is 0 Å². The van der Waals surface area contributed by atoms with Crippen molar-refractivity contribution in [2.75, 3.05) is 13.1 Å². The van der Waals surface area contributed by atoms with Crippen LogP contribution >= 0.6 is 0 Å². The third-order valence-electron chi connectivity index (χ3n) is 2.45. The van der Waals surface area contributed by atoms with Gasteiger partial charge in [-0.25, -0.2) is 4.79 Å². The van der Waals surface area contributed by atoms with Crippen molar-refractivity contribution in [3.63, 3.8) is 0 Å². The lowest BCUT2D eigenvalue weighted by molar-refractivity contribution is 0.171. The van der Waals surface area contributed by atoms with Gasteiger partial charge >= 0.3 is 6.03 Å². The number of hydrogen-bond acceptors (Lipinski definition) is 2. The Morgan fingerprint density at radius 2 is 1.93 bits per heavy atom. The van der Waals surface area contributed by atoms with Gasteiger partial charge in [-0.1, -0.05) is 0 Å². The number of hydrogen-bond donors (Lipinski definition) is 1. The number of nitriles is 1. The number of nitrogens with one attached hydrogen (secondary N) is 1. The molecule has 0 saturated carbocycles. The van der Waals surface area contributed by atoms with Gasteiger partial charge in [0.05, 0.1) is 6.07 Å². The maximum atomic E-state index is 11.7. The molecule has 1 aliphatic rings. The number of nitrogens with zero attached hydrogens (tertiary/aromatic N) is 2. The van der Waals surface area contributed by atoms with E-state index < -0.39 is 0 Å². The summed E-state index contributed by atoms with van der Waals surface area (Å²) in [6.07, 6.45) is 1.60. The standard InChI is InChI=1S/C11H19N3O/c1-11(2,3)13-10(15)14-6-4-9(8-12)5-7-14/h9H,4-7H2,1-3H3,(H,13,15). The first-order valence-corrected chi connectivity index (χ1v) is 5.39. The van der Waals surface area contributed by atoms with Crippen molar-refractivity contribution in [1.29, 1.82) is 5.26 Å². The Labute approximate surface area is 91.2 Å². The smallest absolute Gasteiger partial charge is 0.317 e. The van der Waals surface area contributed by atoms with Crippen LogP contribution in [-0.2, 0) is 0 Å². The van der Waals surface area contributed by atoms with Gasteiger partial charge in [0.25, 0.3) is 0 Å². The van der Waals surface area contributed by atoms with E-state index in [0.29, 0.717) is 13.1 Å². The molecule has 0 spiro atoms. The van der Waals surface area contributed by atoms with Crippen molar-refractivity contribution in [2.45, 2.75) is 39.2 Å². The summed E-state index contributed by atoms with van der Waals surface area (Å²) in [5, 5.41) is 11.7. The number of carbonyl (C=O) groups is 1. The Morgan fingerprint density at radius 3 is 2.33 bits per heavy atom. The topological polar surface area (TPSA) is 56.1 Å². The summed E-state index contributed by atoms with van der Waals surface area (Å²) >= 11 is 0. The predicted octanol–water partition coefficient (Wildman–Crippen LogP) is 1.73. The van der Waals surface area contributed by atoms with Crippen LogP contribution in [0.4, 0.5) is 4.79 Å². The largest absolute Gasteiger partial charge is 0.333 e. The van der Waals surface area contributed by atoms with Gasteiger partial charge < -0.3 is 10.2 Å². The zero-order chi connectivity index (χ0) is 11.5. The van der Waals surface area contributed by atoms with Crippen LogP contribution in [0, 0.1) is 17.2 Å². The molecule has 1 rings (SSSR count). The fourth-order valence-corrected chi connectivity index (χ4v) is 1.61. The monoisotopic (exact) mass is 209 g/mol. The van der Waals surface area contributed by atoms with Crippen LogP contribution in [0.15, 0.2) is 0 Å². The maximum absolute atomic E-state index is 11.7. The highest BCUT2D eigenvalue weighted by Crippen LogP contribution is 2.16. The Bertz CT molecular complexity index is 267. The van der Waals surface area contributed by atoms with E-state index in [0.717, 1.165) is 12.8 Å². The number of rotatable bonds is 0. The van der Waals surface area contributed by atoms with Gasteiger partial charge in [0.2, 0.25) is 0 Å². The molecule has 0 aromatic carbocycles. The summed E-state index contributed by atoms with van der Waals surface area (Å²) in [4.78, 5) is 13.5. The maximum Gasteiger partial charge on any atom is 0.317 e. The number of likely N-dealkylation sites (tertiary alicyclic amines) is 1. The third-order valence-corrected chi connectivity index (χ3v) is 2.45. The minimum atomic E-state index is -0.191. The molecule has 0 atom stereocenters. The molecule has 0 aromatic heterocycles. The van der Waals surface area contributed by atoms with Crippen molar-refractivity contribution in [3.8, 4) is 6.07 Å². The molecule has 0 radical (unpaired) electrons. The second-order valence-electron chi connectivity index (χ2n) is 5.07. The highest BCUT2D eigenvalue weighted by atomic mass is 16.2. The number of amides is 2. The van der Waals surface area contributed by atoms with Gasteiger partial charge in [-0.05, 0) is 33.6 Å². The summed E-state index contributed by atoms with van der Waals surface area (Å²) < 4.78 is 0. The molecule has 2 amide bonds. The number of piperidine rings is 1. The Kier molecular flexibility index (Phi) is 3.57. The van der Waals surface area contributed by atoms with Crippen molar-refractivity contribution in [2.24, 2.45) is 5.92 Å². The average molecular weight is 209 g/mol. The first kappa shape index (κ1) is 11.8. The molecule has 0 bridgehead atoms. The zero-order valence-electron chi connectivity index (χ0n) is 9.71. The molecule has 1 fully saturated rings. The molecule has 15 heavy (non-hydrogen) atoms. The Hall–Kier alpha value is -1.24. The molecule has 4 nitrogen and oxygen atoms in total. The minimum absolute atomic E-state index is 0.0149. The summed E-state index contributed by atoms with van der Waals surface area (Å²) in [7, 11) is 0. The van der Waals surface area contributed by atoms with E-state index in [1.807, 2.05) is 20.8 Å². The second kappa shape index (κ2) is 4.52. The van der Waals surface area contributed by atoms with Crippen LogP contribution < -0.4 is 5.32 Å². The lowest BCUT2D eigenvalue weighted by atomic mass is 9.99. The van der Waals surface area contributed by atoms with Crippen molar-refractivity contribution in [3.05, 3.63) is 0 Å². The molecule has 1 saturated heterocycles. The van der Waals surface area contributed by atoms with Gasteiger partial charge in [-0.2, -0.15) is 5.26 Å². The van der Waals surface area contributed by atoms with Gasteiger partial charge in [-0.15, -0.1) is 0 Å². The quantitative estimate of drug-likeness (QED) is 0.660. The molecular formula is C11H19N3O. The van der Waals surface area contributed by atoms with Crippen molar-refractivity contribution >= 4 is 6.03 Å². The lowest BCUT2D eigenvalue weighted by Gasteiger charge is -2.32. The molecule has 0 unspecified atom stereocenters. The second-order valence-corrected chi connectivity index (χ2v) is 5.07. The van der Waals surface area contributed by atoms with Crippen LogP contribution in [0.5, 0.6) is 0 Å². The van der Waals surface area contributed by atoms with Crippen LogP contribution in [0.1, 0.15) is 33.6 Å². The van der Waals surface area contributed by atoms with Gasteiger partial charge in [0.15, 0.2) is 0 Å². The summed E-state index contributed by atoms with van der Waals surface area (Å²) in [5.41, 5.74) is -0.191. The summed E-state index contributed by atoms with van der Waals surface area (Å²) in [5.74, 6) is 0.128. The molecule has 0 aliphatic carbocycles. The highest BCUT2D eigenvalue weighted by Gasteiger charge is 2.24. The molecule has 0 aromatic rings. The Morgan fingerprint density at radius 1 is 1.40 bits per heavy atom. The van der Waals surface area contributed by atoms with E-state index in [-0.39, 0.29) is 17.5 Å². The third kappa shape index (κ3) is 3.78. The molecular weight excluding hydrogens is 190 g/mol. The molecule has 84 valence electrons. The minimum Gasteiger partial charge on any atom is -0.333 e. The van der Waals surface area contributed by atoms with Crippen LogP contribution in [0.3, 0.4) is 0 Å². The van der Waals surface area contributed by atoms with Crippen LogP contribution in [-0.4, -0.2) is 29.6 Å². The van der Waals surface area contributed by atoms with Crippen molar-refractivity contribution in [1.82, 2.24) is 10.2 Å². The van der Waals surface area contributed by atoms with E-state index >= 15 is 0 Å². The molecule has 4 heteroatoms. The van der Waals surface area contributed by atoms with Gasteiger partial charge in [0, 0.05) is 24.5 Å². The van der Waals surface area contributed by atoms with Gasteiger partial charge in [0.1, 0.15) is 0 Å². The molecule has 1 heterocycles. The van der Waals surface area contributed by atoms with E-state index in [1.54, 1.807) is 4.90 Å². The predicted molar refractivity (Wildman–Crippen MR) is 58.2 cm³/mol. The van der Waals surface area contributed by atoms with Crippen LogP contribution in [0.2, 0.25) is 0 Å². The number of urea groups is 1. The van der Waals surface area contributed by atoms with E-state index in [2.05, 4.69) is 11.4 Å². The Balaban J connectivity index is 2.41. The lowest BCUT2D eigenvalue weighted by Crippen LogP contribution is -2.50. The van der Waals surface area contributed by atoms with Crippen molar-refractivity contribution < 1.29 is 4.79 Å². The fraction of sp³-hybridized carbons (Fsp3) is 0.818. The SMILES string of the molecule is CC(C)(C)NC(=O)N1CCC(C#N)CC1. The highest BCUT2D eigenvalue weighted by molar-refractivity contribution is 5.75. The molecule has 1 aliphatic heterocycles. The first-order valence-electron chi connectivity index (χ1n) is 5.39. The van der Waals surface area contributed by atoms with E-state index in [9.17, 15) is 4.79 Å². The summed E-state index contributed by atoms with van der Waals surface area (Å²) in [6, 6.07) is 2.24. The van der Waals surface area contributed by atoms with E-state index in [4.69, 9.17) is 5.26 Å². The van der Waals surface area contributed by atoms with Gasteiger partial charge in [-0.3, -0.25) is 0 Å². The number of carbonyl (C=O) groups excluding carboxylic acids is 1. The van der Waals surface area contributed by atoms with E-state index in [1.165, 1.54) is 0 Å². The average Bonchev–Trinajstić information content (AvgIpc) is 2.15. The first-order chi connectivity index (χ1) is 6.92. The zero-order valence-corrected chi connectivity index (χ0v) is 9.71.